The van der Waals surface area contributed by atoms with Crippen molar-refractivity contribution in [2.75, 3.05) is 50.9 Å². The standard InChI is InChI=1S/C16H21N5O2S.C2HF3O2/c1-2-18-15(19-3-1)21-6-7-22-13-16(12-21)11-20(5-8-23-16)10-14-17-4-9-24-14;3-2(4,5)1(6)7/h1-4,9H,5-8,10-13H2;(H,6,7). The number of nitrogens with zero attached hydrogens (tertiary/aromatic N) is 5. The maximum atomic E-state index is 10.6. The molecule has 2 aliphatic heterocycles. The fraction of sp³-hybridized carbons (Fsp3) is 0.556. The number of alkyl halides is 3. The van der Waals surface area contributed by atoms with E-state index in [9.17, 15) is 13.2 Å². The summed E-state index contributed by atoms with van der Waals surface area (Å²) in [6.45, 7) is 6.11. The van der Waals surface area contributed by atoms with Gasteiger partial charge in [0.25, 0.3) is 0 Å². The van der Waals surface area contributed by atoms with Gasteiger partial charge in [0.2, 0.25) is 5.95 Å². The number of morpholine rings is 1. The van der Waals surface area contributed by atoms with Gasteiger partial charge in [-0.2, -0.15) is 13.2 Å². The Morgan fingerprint density at radius 1 is 1.16 bits per heavy atom. The Balaban J connectivity index is 0.000000339. The molecule has 13 heteroatoms. The van der Waals surface area contributed by atoms with Crippen molar-refractivity contribution in [2.45, 2.75) is 18.3 Å². The lowest BCUT2D eigenvalue weighted by Gasteiger charge is -2.43. The molecule has 0 aliphatic carbocycles. The number of anilines is 1. The minimum absolute atomic E-state index is 0.342. The van der Waals surface area contributed by atoms with E-state index >= 15 is 0 Å². The lowest BCUT2D eigenvalue weighted by Crippen LogP contribution is -2.58. The zero-order chi connectivity index (χ0) is 22.3. The number of carboxylic acids is 1. The van der Waals surface area contributed by atoms with Crippen LogP contribution in [0.4, 0.5) is 19.1 Å². The number of hydrogen-bond donors (Lipinski definition) is 1. The predicted octanol–water partition coefficient (Wildman–Crippen LogP) is 1.67. The molecule has 2 aromatic rings. The Kier molecular flexibility index (Phi) is 7.75. The van der Waals surface area contributed by atoms with Crippen molar-refractivity contribution >= 4 is 23.3 Å². The number of aromatic nitrogens is 3. The highest BCUT2D eigenvalue weighted by Crippen LogP contribution is 2.25. The first-order valence-electron chi connectivity index (χ1n) is 9.42. The topological polar surface area (TPSA) is 101 Å². The Bertz CT molecular complexity index is 827. The highest BCUT2D eigenvalue weighted by atomic mass is 32.1. The predicted molar refractivity (Wildman–Crippen MR) is 105 cm³/mol. The zero-order valence-electron chi connectivity index (χ0n) is 16.5. The molecule has 170 valence electrons. The monoisotopic (exact) mass is 461 g/mol. The van der Waals surface area contributed by atoms with Crippen LogP contribution in [-0.4, -0.2) is 88.7 Å². The minimum atomic E-state index is -5.08. The molecule has 1 unspecified atom stereocenters. The number of aliphatic carboxylic acids is 1. The maximum absolute atomic E-state index is 10.6. The van der Waals surface area contributed by atoms with Crippen LogP contribution in [0.5, 0.6) is 0 Å². The lowest BCUT2D eigenvalue weighted by atomic mass is 10.0. The van der Waals surface area contributed by atoms with Gasteiger partial charge in [-0.25, -0.2) is 19.7 Å². The molecule has 2 saturated heterocycles. The van der Waals surface area contributed by atoms with E-state index in [1.54, 1.807) is 23.7 Å². The number of rotatable bonds is 3. The van der Waals surface area contributed by atoms with Crippen LogP contribution < -0.4 is 4.90 Å². The summed E-state index contributed by atoms with van der Waals surface area (Å²) >= 11 is 1.70. The number of carboxylic acid groups (broad SMARTS) is 1. The van der Waals surface area contributed by atoms with Crippen LogP contribution in [0.3, 0.4) is 0 Å². The van der Waals surface area contributed by atoms with E-state index in [0.29, 0.717) is 19.8 Å². The quantitative estimate of drug-likeness (QED) is 0.732. The molecule has 0 bridgehead atoms. The number of thiazole rings is 1. The molecule has 9 nitrogen and oxygen atoms in total. The third-order valence-corrected chi connectivity index (χ3v) is 5.36. The van der Waals surface area contributed by atoms with Gasteiger partial charge in [0.15, 0.2) is 0 Å². The first-order valence-corrected chi connectivity index (χ1v) is 10.3. The summed E-state index contributed by atoms with van der Waals surface area (Å²) < 4.78 is 43.8. The van der Waals surface area contributed by atoms with E-state index in [1.165, 1.54) is 0 Å². The molecule has 2 fully saturated rings. The summed E-state index contributed by atoms with van der Waals surface area (Å²) in [7, 11) is 0. The minimum Gasteiger partial charge on any atom is -0.475 e. The van der Waals surface area contributed by atoms with Gasteiger partial charge in [0, 0.05) is 43.6 Å². The summed E-state index contributed by atoms with van der Waals surface area (Å²) in [5.74, 6) is -2.02. The average Bonchev–Trinajstić information content (AvgIpc) is 3.16. The molecular formula is C18H22F3N5O4S. The van der Waals surface area contributed by atoms with Gasteiger partial charge < -0.3 is 19.5 Å². The van der Waals surface area contributed by atoms with Crippen molar-refractivity contribution in [1.82, 2.24) is 19.9 Å². The van der Waals surface area contributed by atoms with Crippen molar-refractivity contribution in [3.63, 3.8) is 0 Å². The van der Waals surface area contributed by atoms with Crippen molar-refractivity contribution in [2.24, 2.45) is 0 Å². The zero-order valence-corrected chi connectivity index (χ0v) is 17.3. The van der Waals surface area contributed by atoms with Crippen LogP contribution in [0.25, 0.3) is 0 Å². The fourth-order valence-electron chi connectivity index (χ4n) is 3.29. The van der Waals surface area contributed by atoms with Crippen molar-refractivity contribution in [3.05, 3.63) is 35.0 Å². The molecular weight excluding hydrogens is 439 g/mol. The second kappa shape index (κ2) is 10.3. The number of carbonyl (C=O) groups is 1. The van der Waals surface area contributed by atoms with Crippen molar-refractivity contribution in [1.29, 1.82) is 0 Å². The second-order valence-corrected chi connectivity index (χ2v) is 7.97. The SMILES string of the molecule is O=C(O)C(F)(F)F.c1cnc(N2CCOCC3(CN(Cc4nccs4)CCO3)C2)nc1. The molecule has 1 spiro atoms. The molecule has 1 N–H and O–H groups in total. The molecule has 4 heterocycles. The number of ether oxygens (including phenoxy) is 2. The van der Waals surface area contributed by atoms with Crippen LogP contribution >= 0.6 is 11.3 Å². The third-order valence-electron chi connectivity index (χ3n) is 4.60. The summed E-state index contributed by atoms with van der Waals surface area (Å²) in [5, 5.41) is 10.3. The summed E-state index contributed by atoms with van der Waals surface area (Å²) in [6, 6.07) is 1.83. The van der Waals surface area contributed by atoms with Crippen LogP contribution in [-0.2, 0) is 20.8 Å². The molecule has 0 amide bonds. The van der Waals surface area contributed by atoms with Gasteiger partial charge in [-0.3, -0.25) is 4.90 Å². The van der Waals surface area contributed by atoms with E-state index in [1.807, 2.05) is 17.6 Å². The first kappa shape index (κ1) is 23.3. The van der Waals surface area contributed by atoms with Crippen LogP contribution in [0.2, 0.25) is 0 Å². The van der Waals surface area contributed by atoms with E-state index in [0.717, 1.165) is 43.7 Å². The van der Waals surface area contributed by atoms with E-state index in [4.69, 9.17) is 19.4 Å². The number of hydrogen-bond acceptors (Lipinski definition) is 9. The van der Waals surface area contributed by atoms with E-state index in [2.05, 4.69) is 24.8 Å². The van der Waals surface area contributed by atoms with E-state index < -0.39 is 12.1 Å². The van der Waals surface area contributed by atoms with Crippen molar-refractivity contribution in [3.8, 4) is 0 Å². The summed E-state index contributed by atoms with van der Waals surface area (Å²) in [4.78, 5) is 26.6. The molecule has 0 radical (unpaired) electrons. The Morgan fingerprint density at radius 3 is 2.55 bits per heavy atom. The maximum Gasteiger partial charge on any atom is 0.490 e. The molecule has 2 aromatic heterocycles. The second-order valence-electron chi connectivity index (χ2n) is 6.99. The summed E-state index contributed by atoms with van der Waals surface area (Å²) in [5.41, 5.74) is -0.342. The van der Waals surface area contributed by atoms with Gasteiger partial charge in [0.1, 0.15) is 10.6 Å². The van der Waals surface area contributed by atoms with Gasteiger partial charge >= 0.3 is 12.1 Å². The number of halogens is 3. The first-order chi connectivity index (χ1) is 14.8. The highest BCUT2D eigenvalue weighted by molar-refractivity contribution is 7.09. The molecule has 4 rings (SSSR count). The van der Waals surface area contributed by atoms with Crippen LogP contribution in [0.15, 0.2) is 30.0 Å². The molecule has 0 aromatic carbocycles. The largest absolute Gasteiger partial charge is 0.490 e. The van der Waals surface area contributed by atoms with Crippen LogP contribution in [0.1, 0.15) is 5.01 Å². The highest BCUT2D eigenvalue weighted by Gasteiger charge is 2.41. The summed E-state index contributed by atoms with van der Waals surface area (Å²) in [6.07, 6.45) is 0.327. The van der Waals surface area contributed by atoms with Crippen LogP contribution in [0, 0.1) is 0 Å². The average molecular weight is 461 g/mol. The van der Waals surface area contributed by atoms with Gasteiger partial charge in [-0.05, 0) is 6.07 Å². The lowest BCUT2D eigenvalue weighted by molar-refractivity contribution is -0.192. The third kappa shape index (κ3) is 6.82. The molecule has 0 saturated carbocycles. The van der Waals surface area contributed by atoms with Gasteiger partial charge in [0.05, 0.1) is 32.9 Å². The smallest absolute Gasteiger partial charge is 0.475 e. The molecule has 31 heavy (non-hydrogen) atoms. The molecule has 2 aliphatic rings. The fourth-order valence-corrected chi connectivity index (χ4v) is 3.95. The molecule has 1 atom stereocenters. The van der Waals surface area contributed by atoms with Crippen molar-refractivity contribution < 1.29 is 32.5 Å². The Hall–Kier alpha value is -2.35. The van der Waals surface area contributed by atoms with Gasteiger partial charge in [-0.15, -0.1) is 11.3 Å². The Morgan fingerprint density at radius 2 is 1.90 bits per heavy atom. The Labute approximate surface area is 180 Å². The van der Waals surface area contributed by atoms with E-state index in [-0.39, 0.29) is 5.60 Å². The normalized spacial score (nSPS) is 22.5. The van der Waals surface area contributed by atoms with Gasteiger partial charge in [-0.1, -0.05) is 0 Å².